The van der Waals surface area contributed by atoms with Gasteiger partial charge in [-0.05, 0) is 11.4 Å². The molecule has 0 unspecified atom stereocenters. The Morgan fingerprint density at radius 3 is 2.88 bits per heavy atom. The van der Waals surface area contributed by atoms with Gasteiger partial charge in [-0.15, -0.1) is 0 Å². The lowest BCUT2D eigenvalue weighted by Crippen LogP contribution is -1.90. The largest absolute Gasteiger partial charge is 0.377 e. The highest BCUT2D eigenvalue weighted by Crippen LogP contribution is 1.84. The summed E-state index contributed by atoms with van der Waals surface area (Å²) in [5.41, 5.74) is 0. The third-order valence-electron chi connectivity index (χ3n) is 0.652. The predicted octanol–water partition coefficient (Wildman–Crippen LogP) is 2.32. The zero-order chi connectivity index (χ0) is 6.24. The number of halogens is 1. The monoisotopic (exact) mass is 178 g/mol. The van der Waals surface area contributed by atoms with E-state index in [1.54, 1.807) is 0 Å². The van der Waals surface area contributed by atoms with E-state index < -0.39 is 0 Å². The Morgan fingerprint density at radius 1 is 1.62 bits per heavy atom. The highest BCUT2D eigenvalue weighted by atomic mass is 79.9. The van der Waals surface area contributed by atoms with Crippen LogP contribution in [0.1, 0.15) is 13.3 Å². The van der Waals surface area contributed by atoms with Gasteiger partial charge in [-0.25, -0.2) is 0 Å². The molecule has 8 heavy (non-hydrogen) atoms. The van der Waals surface area contributed by atoms with Crippen molar-refractivity contribution in [3.63, 3.8) is 0 Å². The predicted molar refractivity (Wildman–Crippen MR) is 39.2 cm³/mol. The molecule has 0 radical (unpaired) electrons. The smallest absolute Gasteiger partial charge is 0.0655 e. The summed E-state index contributed by atoms with van der Waals surface area (Å²) >= 11 is 3.14. The van der Waals surface area contributed by atoms with Crippen LogP contribution < -0.4 is 0 Å². The average molecular weight is 179 g/mol. The van der Waals surface area contributed by atoms with Crippen molar-refractivity contribution in [2.45, 2.75) is 13.3 Å². The topological polar surface area (TPSA) is 9.23 Å². The first-order valence-corrected chi connectivity index (χ1v) is 3.66. The van der Waals surface area contributed by atoms with Crippen molar-refractivity contribution in [3.05, 3.63) is 11.1 Å². The van der Waals surface area contributed by atoms with Gasteiger partial charge in [-0.1, -0.05) is 28.9 Å². The van der Waals surface area contributed by atoms with Crippen LogP contribution in [0, 0.1) is 0 Å². The highest BCUT2D eigenvalue weighted by Gasteiger charge is 1.76. The van der Waals surface area contributed by atoms with Gasteiger partial charge in [0.1, 0.15) is 0 Å². The highest BCUT2D eigenvalue weighted by molar-refractivity contribution is 9.11. The Kier molecular flexibility index (Phi) is 7.34. The molecule has 48 valence electrons. The minimum Gasteiger partial charge on any atom is -0.377 e. The van der Waals surface area contributed by atoms with Crippen LogP contribution in [0.2, 0.25) is 0 Å². The van der Waals surface area contributed by atoms with Gasteiger partial charge in [0.15, 0.2) is 0 Å². The summed E-state index contributed by atoms with van der Waals surface area (Å²) in [4.78, 5) is 1.81. The molecule has 0 aliphatic carbocycles. The summed E-state index contributed by atoms with van der Waals surface area (Å²) < 4.78 is 5.11. The average Bonchev–Trinajstić information content (AvgIpc) is 1.81. The number of hydrogen-bond acceptors (Lipinski definition) is 1. The van der Waals surface area contributed by atoms with E-state index >= 15 is 0 Å². The van der Waals surface area contributed by atoms with Gasteiger partial charge in [0.25, 0.3) is 0 Å². The van der Waals surface area contributed by atoms with Crippen molar-refractivity contribution in [1.29, 1.82) is 0 Å². The maximum absolute atomic E-state index is 5.11. The molecule has 0 rings (SSSR count). The van der Waals surface area contributed by atoms with Gasteiger partial charge in [0.2, 0.25) is 0 Å². The summed E-state index contributed by atoms with van der Waals surface area (Å²) in [5.74, 6) is 0. The van der Waals surface area contributed by atoms with Crippen LogP contribution in [0.3, 0.4) is 0 Å². The van der Waals surface area contributed by atoms with Crippen LogP contribution in [0.5, 0.6) is 0 Å². The lowest BCUT2D eigenvalue weighted by molar-refractivity contribution is 0.163. The molecule has 0 aromatic heterocycles. The lowest BCUT2D eigenvalue weighted by atomic mass is 10.5. The second-order valence-corrected chi connectivity index (χ2v) is 1.97. The fourth-order valence-corrected chi connectivity index (χ4v) is 0.485. The van der Waals surface area contributed by atoms with Crippen LogP contribution in [-0.2, 0) is 4.74 Å². The van der Waals surface area contributed by atoms with Crippen molar-refractivity contribution < 1.29 is 4.74 Å². The molecule has 0 aliphatic heterocycles. The maximum atomic E-state index is 5.11. The van der Waals surface area contributed by atoms with E-state index in [2.05, 4.69) is 22.9 Å². The van der Waals surface area contributed by atoms with Crippen LogP contribution in [0.4, 0.5) is 0 Å². The van der Waals surface area contributed by atoms with E-state index in [9.17, 15) is 0 Å². The second-order valence-electron chi connectivity index (χ2n) is 1.44. The van der Waals surface area contributed by atoms with Gasteiger partial charge < -0.3 is 4.74 Å². The minimum absolute atomic E-state index is 0.721. The van der Waals surface area contributed by atoms with Crippen LogP contribution in [-0.4, -0.2) is 13.2 Å². The van der Waals surface area contributed by atoms with Gasteiger partial charge in [0.05, 0.1) is 6.61 Å². The molecule has 0 aromatic carbocycles. The molecule has 0 saturated carbocycles. The van der Waals surface area contributed by atoms with Gasteiger partial charge in [-0.3, -0.25) is 0 Å². The molecule has 1 nitrogen and oxygen atoms in total. The van der Waals surface area contributed by atoms with Crippen molar-refractivity contribution >= 4 is 15.9 Å². The van der Waals surface area contributed by atoms with Gasteiger partial charge in [0, 0.05) is 6.61 Å². The molecule has 0 aliphatic rings. The maximum Gasteiger partial charge on any atom is 0.0655 e. The van der Waals surface area contributed by atoms with E-state index in [1.807, 2.05) is 11.1 Å². The number of ether oxygens (including phenoxy) is 1. The van der Waals surface area contributed by atoms with Crippen molar-refractivity contribution in [2.75, 3.05) is 13.2 Å². The van der Waals surface area contributed by atoms with Crippen LogP contribution in [0.25, 0.3) is 0 Å². The standard InChI is InChI=1S/C6H11BrO/c1-2-5-8-6-3-4-7/h3-4H,2,5-6H2,1H3. The van der Waals surface area contributed by atoms with Gasteiger partial charge in [-0.2, -0.15) is 0 Å². The third-order valence-corrected chi connectivity index (χ3v) is 1.03. The Labute approximate surface area is 58.9 Å². The molecule has 2 heteroatoms. The van der Waals surface area contributed by atoms with Crippen molar-refractivity contribution in [1.82, 2.24) is 0 Å². The first-order chi connectivity index (χ1) is 3.91. The van der Waals surface area contributed by atoms with Crippen LogP contribution >= 0.6 is 15.9 Å². The molecule has 0 aromatic rings. The van der Waals surface area contributed by atoms with Crippen LogP contribution in [0.15, 0.2) is 11.1 Å². The molecule has 0 amide bonds. The second kappa shape index (κ2) is 7.18. The zero-order valence-electron chi connectivity index (χ0n) is 5.06. The molecular formula is C6H11BrO. The Morgan fingerprint density at radius 2 is 2.38 bits per heavy atom. The summed E-state index contributed by atoms with van der Waals surface area (Å²) in [7, 11) is 0. The van der Waals surface area contributed by atoms with E-state index in [1.165, 1.54) is 0 Å². The first kappa shape index (κ1) is 8.18. The lowest BCUT2D eigenvalue weighted by Gasteiger charge is -1.93. The molecule has 0 N–H and O–H groups in total. The number of hydrogen-bond donors (Lipinski definition) is 0. The number of rotatable bonds is 4. The Balaban J connectivity index is 2.72. The zero-order valence-corrected chi connectivity index (χ0v) is 6.65. The first-order valence-electron chi connectivity index (χ1n) is 2.74. The third kappa shape index (κ3) is 6.18. The molecular weight excluding hydrogens is 168 g/mol. The van der Waals surface area contributed by atoms with E-state index in [-0.39, 0.29) is 0 Å². The van der Waals surface area contributed by atoms with E-state index in [0.29, 0.717) is 0 Å². The summed E-state index contributed by atoms with van der Waals surface area (Å²) in [6, 6.07) is 0. The quantitative estimate of drug-likeness (QED) is 0.601. The fraction of sp³-hybridized carbons (Fsp3) is 0.667. The van der Waals surface area contributed by atoms with E-state index in [0.717, 1.165) is 19.6 Å². The summed E-state index contributed by atoms with van der Waals surface area (Å²) in [6.45, 7) is 3.67. The summed E-state index contributed by atoms with van der Waals surface area (Å²) in [5, 5.41) is 0. The Hall–Kier alpha value is 0.180. The molecule has 0 heterocycles. The normalized spacial score (nSPS) is 10.8. The molecule has 0 bridgehead atoms. The SMILES string of the molecule is CCCOCC=CBr. The molecule has 0 spiro atoms. The molecule has 0 saturated heterocycles. The van der Waals surface area contributed by atoms with E-state index in [4.69, 9.17) is 4.74 Å². The van der Waals surface area contributed by atoms with Crippen molar-refractivity contribution in [2.24, 2.45) is 0 Å². The molecule has 0 atom stereocenters. The summed E-state index contributed by atoms with van der Waals surface area (Å²) in [6.07, 6.45) is 3.02. The van der Waals surface area contributed by atoms with Crippen molar-refractivity contribution in [3.8, 4) is 0 Å². The van der Waals surface area contributed by atoms with Gasteiger partial charge >= 0.3 is 0 Å². The molecule has 0 fully saturated rings. The Bertz CT molecular complexity index is 61.5. The minimum atomic E-state index is 0.721. The fourth-order valence-electron chi connectivity index (χ4n) is 0.332.